The van der Waals surface area contributed by atoms with Gasteiger partial charge in [-0.1, -0.05) is 0 Å². The maximum absolute atomic E-state index is 12.4. The fourth-order valence-electron chi connectivity index (χ4n) is 1.71. The molecule has 0 aromatic carbocycles. The zero-order valence-electron chi connectivity index (χ0n) is 12.2. The molecule has 0 aliphatic heterocycles. The van der Waals surface area contributed by atoms with Gasteiger partial charge >= 0.3 is 6.18 Å². The summed E-state index contributed by atoms with van der Waals surface area (Å²) in [5, 5.41) is 3.30. The van der Waals surface area contributed by atoms with Crippen LogP contribution in [0.3, 0.4) is 0 Å². The van der Waals surface area contributed by atoms with E-state index in [1.54, 1.807) is 20.4 Å². The molecule has 1 aromatic rings. The average Bonchev–Trinajstić information content (AvgIpc) is 2.61. The van der Waals surface area contributed by atoms with E-state index in [0.717, 1.165) is 11.3 Å². The Labute approximate surface area is 129 Å². The molecule has 0 bridgehead atoms. The van der Waals surface area contributed by atoms with Gasteiger partial charge in [0.1, 0.15) is 9.88 Å². The summed E-state index contributed by atoms with van der Waals surface area (Å²) in [4.78, 5) is 14.3. The maximum Gasteiger partial charge on any atom is 0.391 e. The Hall–Kier alpha value is -1.09. The van der Waals surface area contributed by atoms with Gasteiger partial charge in [-0.15, -0.1) is 23.1 Å². The second-order valence-corrected chi connectivity index (χ2v) is 6.61. The number of carbonyl (C=O) groups excluding carboxylic acids is 1. The van der Waals surface area contributed by atoms with Crippen molar-refractivity contribution < 1.29 is 18.0 Å². The largest absolute Gasteiger partial charge is 0.396 e. The summed E-state index contributed by atoms with van der Waals surface area (Å²) >= 11 is 2.39. The molecule has 0 aliphatic rings. The monoisotopic (exact) mass is 341 g/mol. The van der Waals surface area contributed by atoms with Crippen molar-refractivity contribution in [2.45, 2.75) is 30.5 Å². The molecule has 0 radical (unpaired) electrons. The minimum Gasteiger partial charge on any atom is -0.396 e. The van der Waals surface area contributed by atoms with E-state index in [0.29, 0.717) is 20.5 Å². The van der Waals surface area contributed by atoms with Gasteiger partial charge in [-0.3, -0.25) is 4.79 Å². The molecular formula is C12H18F3N3OS2. The first kappa shape index (κ1) is 18.0. The smallest absolute Gasteiger partial charge is 0.391 e. The van der Waals surface area contributed by atoms with E-state index in [1.807, 2.05) is 0 Å². The minimum atomic E-state index is -4.24. The molecule has 0 saturated carbocycles. The molecule has 0 aliphatic carbocycles. The molecule has 1 unspecified atom stereocenters. The van der Waals surface area contributed by atoms with Crippen LogP contribution >= 0.6 is 23.1 Å². The number of nitrogen functional groups attached to an aromatic ring is 1. The number of halogens is 3. The molecule has 9 heteroatoms. The van der Waals surface area contributed by atoms with Crippen LogP contribution in [0.4, 0.5) is 23.9 Å². The van der Waals surface area contributed by atoms with Crippen molar-refractivity contribution in [3.8, 4) is 0 Å². The number of nitrogens with zero attached hydrogens (tertiary/aromatic N) is 1. The quantitative estimate of drug-likeness (QED) is 0.805. The van der Waals surface area contributed by atoms with E-state index >= 15 is 0 Å². The number of amides is 1. The Morgan fingerprint density at radius 1 is 1.48 bits per heavy atom. The number of carbonyl (C=O) groups is 1. The van der Waals surface area contributed by atoms with Gasteiger partial charge in [-0.25, -0.2) is 0 Å². The first-order valence-electron chi connectivity index (χ1n) is 6.08. The fraction of sp³-hybridized carbons (Fsp3) is 0.583. The van der Waals surface area contributed by atoms with Crippen molar-refractivity contribution in [2.75, 3.05) is 31.4 Å². The van der Waals surface area contributed by atoms with Crippen LogP contribution in [0.25, 0.3) is 0 Å². The molecule has 1 aromatic heterocycles. The van der Waals surface area contributed by atoms with E-state index in [1.165, 1.54) is 23.6 Å². The predicted molar refractivity (Wildman–Crippen MR) is 82.3 cm³/mol. The number of nitrogens with one attached hydrogen (secondary N) is 1. The van der Waals surface area contributed by atoms with Crippen LogP contribution in [0.15, 0.2) is 4.90 Å². The molecule has 21 heavy (non-hydrogen) atoms. The highest BCUT2D eigenvalue weighted by molar-refractivity contribution is 7.99. The topological polar surface area (TPSA) is 58.4 Å². The molecule has 1 heterocycles. The lowest BCUT2D eigenvalue weighted by Crippen LogP contribution is -2.23. The number of thiophene rings is 1. The van der Waals surface area contributed by atoms with Gasteiger partial charge in [0.05, 0.1) is 17.0 Å². The number of alkyl halides is 3. The Morgan fingerprint density at radius 2 is 2.05 bits per heavy atom. The highest BCUT2D eigenvalue weighted by Gasteiger charge is 2.31. The maximum atomic E-state index is 12.4. The number of rotatable bonds is 5. The summed E-state index contributed by atoms with van der Waals surface area (Å²) in [6.07, 6.45) is -3.42. The third kappa shape index (κ3) is 4.70. The number of hydrogen-bond acceptors (Lipinski definition) is 5. The number of anilines is 2. The van der Waals surface area contributed by atoms with Gasteiger partial charge in [-0.2, -0.15) is 13.2 Å². The third-order valence-corrected chi connectivity index (χ3v) is 4.71. The van der Waals surface area contributed by atoms with Crippen LogP contribution in [-0.2, 0) is 0 Å². The summed E-state index contributed by atoms with van der Waals surface area (Å²) < 4.78 is 37.1. The van der Waals surface area contributed by atoms with E-state index in [4.69, 9.17) is 5.73 Å². The third-order valence-electron chi connectivity index (χ3n) is 2.62. The van der Waals surface area contributed by atoms with Crippen molar-refractivity contribution in [3.05, 3.63) is 4.88 Å². The van der Waals surface area contributed by atoms with E-state index in [9.17, 15) is 18.0 Å². The summed E-state index contributed by atoms with van der Waals surface area (Å²) in [6, 6.07) is -0.795. The van der Waals surface area contributed by atoms with Crippen LogP contribution in [0.2, 0.25) is 0 Å². The SMILES string of the molecule is CSc1c(NC(C)CC(F)(F)F)sc(C(=O)N(C)C)c1N. The lowest BCUT2D eigenvalue weighted by atomic mass is 10.2. The standard InChI is InChI=1S/C12H18F3N3OS2/c1-6(5-12(13,14)15)17-10-8(20-4)7(16)9(21-10)11(19)18(2)3/h6,17H,5,16H2,1-4H3. The molecule has 0 spiro atoms. The zero-order valence-corrected chi connectivity index (χ0v) is 13.8. The van der Waals surface area contributed by atoms with E-state index in [2.05, 4.69) is 5.32 Å². The van der Waals surface area contributed by atoms with Gasteiger partial charge in [-0.05, 0) is 13.2 Å². The fourth-order valence-corrected chi connectivity index (χ4v) is 3.87. The van der Waals surface area contributed by atoms with Gasteiger partial charge in [0.15, 0.2) is 0 Å². The Balaban J connectivity index is 3.03. The van der Waals surface area contributed by atoms with Crippen LogP contribution in [-0.4, -0.2) is 43.4 Å². The summed E-state index contributed by atoms with van der Waals surface area (Å²) in [5.41, 5.74) is 6.25. The number of hydrogen-bond donors (Lipinski definition) is 2. The normalized spacial score (nSPS) is 13.1. The highest BCUT2D eigenvalue weighted by atomic mass is 32.2. The molecule has 3 N–H and O–H groups in total. The van der Waals surface area contributed by atoms with Gasteiger partial charge in [0.25, 0.3) is 5.91 Å². The molecule has 120 valence electrons. The summed E-state index contributed by atoms with van der Waals surface area (Å²) in [7, 11) is 3.19. The minimum absolute atomic E-state index is 0.260. The Morgan fingerprint density at radius 3 is 2.48 bits per heavy atom. The van der Waals surface area contributed by atoms with E-state index < -0.39 is 18.6 Å². The van der Waals surface area contributed by atoms with Crippen LogP contribution in [0.1, 0.15) is 23.0 Å². The zero-order chi connectivity index (χ0) is 16.4. The molecule has 4 nitrogen and oxygen atoms in total. The van der Waals surface area contributed by atoms with Crippen molar-refractivity contribution in [3.63, 3.8) is 0 Å². The second-order valence-electron chi connectivity index (χ2n) is 4.77. The first-order chi connectivity index (χ1) is 9.56. The molecule has 1 amide bonds. The Bertz CT molecular complexity index is 515. The van der Waals surface area contributed by atoms with Crippen LogP contribution in [0.5, 0.6) is 0 Å². The van der Waals surface area contributed by atoms with E-state index in [-0.39, 0.29) is 5.91 Å². The van der Waals surface area contributed by atoms with Crippen molar-refractivity contribution in [1.82, 2.24) is 4.90 Å². The predicted octanol–water partition coefficient (Wildman–Crippen LogP) is 3.51. The average molecular weight is 341 g/mol. The number of nitrogens with two attached hydrogens (primary N) is 1. The molecule has 1 atom stereocenters. The summed E-state index contributed by atoms with van der Waals surface area (Å²) in [6.45, 7) is 1.45. The second kappa shape index (κ2) is 6.78. The number of thioether (sulfide) groups is 1. The van der Waals surface area contributed by atoms with Crippen molar-refractivity contribution in [1.29, 1.82) is 0 Å². The lowest BCUT2D eigenvalue weighted by Gasteiger charge is -2.16. The first-order valence-corrected chi connectivity index (χ1v) is 8.12. The Kier molecular flexibility index (Phi) is 5.80. The van der Waals surface area contributed by atoms with Gasteiger partial charge in [0, 0.05) is 20.1 Å². The molecule has 0 saturated heterocycles. The lowest BCUT2D eigenvalue weighted by molar-refractivity contribution is -0.136. The summed E-state index contributed by atoms with van der Waals surface area (Å²) in [5.74, 6) is -0.260. The van der Waals surface area contributed by atoms with Gasteiger partial charge < -0.3 is 16.0 Å². The molecule has 0 fully saturated rings. The molecule has 1 rings (SSSR count). The van der Waals surface area contributed by atoms with Crippen molar-refractivity contribution in [2.24, 2.45) is 0 Å². The molecular weight excluding hydrogens is 323 g/mol. The van der Waals surface area contributed by atoms with Crippen LogP contribution in [0, 0.1) is 0 Å². The van der Waals surface area contributed by atoms with Crippen LogP contribution < -0.4 is 11.1 Å². The highest BCUT2D eigenvalue weighted by Crippen LogP contribution is 2.42. The van der Waals surface area contributed by atoms with Crippen molar-refractivity contribution >= 4 is 39.7 Å². The van der Waals surface area contributed by atoms with Gasteiger partial charge in [0.2, 0.25) is 0 Å².